The number of nitrogens with one attached hydrogen (secondary N) is 1. The molecule has 0 radical (unpaired) electrons. The maximum absolute atomic E-state index is 11.7. The fraction of sp³-hybridized carbons (Fsp3) is 0.562. The van der Waals surface area contributed by atoms with Crippen LogP contribution in [0.4, 0.5) is 0 Å². The molecule has 1 saturated carbocycles. The molecule has 1 fully saturated rings. The fourth-order valence-electron chi connectivity index (χ4n) is 2.43. The molecule has 104 valence electrons. The molecule has 0 saturated heterocycles. The van der Waals surface area contributed by atoms with Gasteiger partial charge in [0, 0.05) is 12.5 Å². The summed E-state index contributed by atoms with van der Waals surface area (Å²) in [5.41, 5.74) is 9.70. The van der Waals surface area contributed by atoms with Crippen LogP contribution in [0.15, 0.2) is 18.2 Å². The number of carbonyl (C=O) groups is 1. The van der Waals surface area contributed by atoms with Crippen molar-refractivity contribution in [3.05, 3.63) is 34.9 Å². The molecule has 0 aromatic heterocycles. The van der Waals surface area contributed by atoms with Crippen LogP contribution < -0.4 is 11.1 Å². The van der Waals surface area contributed by atoms with Crippen molar-refractivity contribution in [1.29, 1.82) is 0 Å². The molecular weight excluding hydrogens is 236 g/mol. The predicted molar refractivity (Wildman–Crippen MR) is 78.1 cm³/mol. The zero-order valence-corrected chi connectivity index (χ0v) is 11.9. The van der Waals surface area contributed by atoms with E-state index in [-0.39, 0.29) is 11.8 Å². The molecule has 2 rings (SSSR count). The average Bonchev–Trinajstić information content (AvgIpc) is 3.18. The van der Waals surface area contributed by atoms with Crippen LogP contribution in [0.25, 0.3) is 0 Å². The molecule has 1 aromatic rings. The first-order valence-electron chi connectivity index (χ1n) is 7.16. The van der Waals surface area contributed by atoms with Gasteiger partial charge in [-0.25, -0.2) is 0 Å². The maximum Gasteiger partial charge on any atom is 0.220 e. The number of benzene rings is 1. The zero-order chi connectivity index (χ0) is 13.8. The first kappa shape index (κ1) is 14.1. The van der Waals surface area contributed by atoms with Gasteiger partial charge >= 0.3 is 0 Å². The quantitative estimate of drug-likeness (QED) is 0.825. The standard InChI is InChI=1S/C16H24N2O/c1-11-3-4-12(2)15(9-11)13(10-17)5-8-16(19)18-14-6-7-14/h3-4,9,13-14H,5-8,10,17H2,1-2H3,(H,18,19). The van der Waals surface area contributed by atoms with E-state index in [0.717, 1.165) is 19.3 Å². The molecule has 0 aliphatic heterocycles. The Morgan fingerprint density at radius 2 is 2.16 bits per heavy atom. The lowest BCUT2D eigenvalue weighted by Gasteiger charge is -2.18. The Bertz CT molecular complexity index is 452. The highest BCUT2D eigenvalue weighted by Crippen LogP contribution is 2.25. The summed E-state index contributed by atoms with van der Waals surface area (Å²) in [5.74, 6) is 0.455. The molecule has 0 heterocycles. The van der Waals surface area contributed by atoms with E-state index < -0.39 is 0 Å². The third kappa shape index (κ3) is 4.06. The molecule has 3 nitrogen and oxygen atoms in total. The summed E-state index contributed by atoms with van der Waals surface area (Å²) in [7, 11) is 0. The first-order chi connectivity index (χ1) is 9.10. The second-order valence-corrected chi connectivity index (χ2v) is 5.67. The number of hydrogen-bond acceptors (Lipinski definition) is 2. The number of rotatable bonds is 6. The fourth-order valence-corrected chi connectivity index (χ4v) is 2.43. The smallest absolute Gasteiger partial charge is 0.220 e. The van der Waals surface area contributed by atoms with E-state index in [1.54, 1.807) is 0 Å². The molecular formula is C16H24N2O. The van der Waals surface area contributed by atoms with Gasteiger partial charge in [-0.2, -0.15) is 0 Å². The van der Waals surface area contributed by atoms with Crippen LogP contribution in [0, 0.1) is 13.8 Å². The highest BCUT2D eigenvalue weighted by Gasteiger charge is 2.23. The first-order valence-corrected chi connectivity index (χ1v) is 7.16. The van der Waals surface area contributed by atoms with Crippen molar-refractivity contribution in [3.63, 3.8) is 0 Å². The SMILES string of the molecule is Cc1ccc(C)c(C(CN)CCC(=O)NC2CC2)c1. The minimum Gasteiger partial charge on any atom is -0.353 e. The van der Waals surface area contributed by atoms with Crippen LogP contribution in [0.1, 0.15) is 48.3 Å². The summed E-state index contributed by atoms with van der Waals surface area (Å²) < 4.78 is 0. The zero-order valence-electron chi connectivity index (χ0n) is 11.9. The van der Waals surface area contributed by atoms with E-state index >= 15 is 0 Å². The molecule has 3 N–H and O–H groups in total. The Kier molecular flexibility index (Phi) is 4.59. The van der Waals surface area contributed by atoms with Crippen molar-refractivity contribution < 1.29 is 4.79 Å². The van der Waals surface area contributed by atoms with Crippen LogP contribution in [0.5, 0.6) is 0 Å². The van der Waals surface area contributed by atoms with Gasteiger partial charge in [0.1, 0.15) is 0 Å². The van der Waals surface area contributed by atoms with E-state index in [2.05, 4.69) is 37.4 Å². The summed E-state index contributed by atoms with van der Waals surface area (Å²) in [6.45, 7) is 4.80. The third-order valence-electron chi connectivity index (χ3n) is 3.82. The lowest BCUT2D eigenvalue weighted by Crippen LogP contribution is -2.26. The highest BCUT2D eigenvalue weighted by molar-refractivity contribution is 5.76. The van der Waals surface area contributed by atoms with Crippen LogP contribution in [-0.2, 0) is 4.79 Å². The van der Waals surface area contributed by atoms with E-state index in [1.165, 1.54) is 16.7 Å². The van der Waals surface area contributed by atoms with E-state index in [4.69, 9.17) is 5.73 Å². The van der Waals surface area contributed by atoms with E-state index in [0.29, 0.717) is 19.0 Å². The lowest BCUT2D eigenvalue weighted by atomic mass is 9.89. The third-order valence-corrected chi connectivity index (χ3v) is 3.82. The van der Waals surface area contributed by atoms with Gasteiger partial charge in [-0.05, 0) is 56.7 Å². The highest BCUT2D eigenvalue weighted by atomic mass is 16.1. The number of aryl methyl sites for hydroxylation is 2. The lowest BCUT2D eigenvalue weighted by molar-refractivity contribution is -0.121. The number of carbonyl (C=O) groups excluding carboxylic acids is 1. The normalized spacial score (nSPS) is 16.2. The summed E-state index contributed by atoms with van der Waals surface area (Å²) in [6.07, 6.45) is 3.69. The minimum absolute atomic E-state index is 0.172. The van der Waals surface area contributed by atoms with Crippen molar-refractivity contribution in [1.82, 2.24) is 5.32 Å². The Balaban J connectivity index is 1.94. The van der Waals surface area contributed by atoms with Gasteiger partial charge in [-0.3, -0.25) is 4.79 Å². The Hall–Kier alpha value is -1.35. The molecule has 3 heteroatoms. The van der Waals surface area contributed by atoms with Crippen LogP contribution in [-0.4, -0.2) is 18.5 Å². The second kappa shape index (κ2) is 6.20. The topological polar surface area (TPSA) is 55.1 Å². The van der Waals surface area contributed by atoms with Crippen LogP contribution in [0.3, 0.4) is 0 Å². The summed E-state index contributed by atoms with van der Waals surface area (Å²) in [4.78, 5) is 11.7. The molecule has 0 bridgehead atoms. The maximum atomic E-state index is 11.7. The number of amides is 1. The van der Waals surface area contributed by atoms with Crippen LogP contribution >= 0.6 is 0 Å². The number of nitrogens with two attached hydrogens (primary N) is 1. The minimum atomic E-state index is 0.172. The largest absolute Gasteiger partial charge is 0.353 e. The van der Waals surface area contributed by atoms with Crippen molar-refractivity contribution in [2.75, 3.05) is 6.54 Å². The van der Waals surface area contributed by atoms with Crippen molar-refractivity contribution in [2.24, 2.45) is 5.73 Å². The average molecular weight is 260 g/mol. The molecule has 1 amide bonds. The van der Waals surface area contributed by atoms with Crippen molar-refractivity contribution in [3.8, 4) is 0 Å². The van der Waals surface area contributed by atoms with Gasteiger partial charge in [0.05, 0.1) is 0 Å². The van der Waals surface area contributed by atoms with Gasteiger partial charge in [0.15, 0.2) is 0 Å². The molecule has 1 aromatic carbocycles. The number of hydrogen-bond donors (Lipinski definition) is 2. The molecule has 19 heavy (non-hydrogen) atoms. The van der Waals surface area contributed by atoms with Crippen molar-refractivity contribution in [2.45, 2.75) is 51.5 Å². The Morgan fingerprint density at radius 3 is 2.79 bits per heavy atom. The molecule has 1 atom stereocenters. The van der Waals surface area contributed by atoms with Gasteiger partial charge in [0.2, 0.25) is 5.91 Å². The van der Waals surface area contributed by atoms with Gasteiger partial charge < -0.3 is 11.1 Å². The monoisotopic (exact) mass is 260 g/mol. The van der Waals surface area contributed by atoms with E-state index in [9.17, 15) is 4.79 Å². The Labute approximate surface area is 115 Å². The van der Waals surface area contributed by atoms with Crippen molar-refractivity contribution >= 4 is 5.91 Å². The molecule has 1 aliphatic rings. The summed E-state index contributed by atoms with van der Waals surface area (Å²) in [5, 5.41) is 3.03. The molecule has 1 aliphatic carbocycles. The van der Waals surface area contributed by atoms with Gasteiger partial charge in [-0.15, -0.1) is 0 Å². The summed E-state index contributed by atoms with van der Waals surface area (Å²) >= 11 is 0. The Morgan fingerprint density at radius 1 is 1.42 bits per heavy atom. The van der Waals surface area contributed by atoms with Gasteiger partial charge in [0.25, 0.3) is 0 Å². The van der Waals surface area contributed by atoms with Crippen LogP contribution in [0.2, 0.25) is 0 Å². The second-order valence-electron chi connectivity index (χ2n) is 5.67. The van der Waals surface area contributed by atoms with E-state index in [1.807, 2.05) is 0 Å². The molecule has 0 spiro atoms. The summed E-state index contributed by atoms with van der Waals surface area (Å²) in [6, 6.07) is 6.90. The predicted octanol–water partition coefficient (Wildman–Crippen LogP) is 2.40. The van der Waals surface area contributed by atoms with Gasteiger partial charge in [-0.1, -0.05) is 23.8 Å². The molecule has 1 unspecified atom stereocenters.